The van der Waals surface area contributed by atoms with Crippen LogP contribution in [0.4, 0.5) is 4.79 Å². The topological polar surface area (TPSA) is 49.4 Å². The van der Waals surface area contributed by atoms with Gasteiger partial charge in [-0.15, -0.1) is 0 Å². The minimum atomic E-state index is -0.690. The Hall–Kier alpha value is -1.36. The number of urea groups is 1. The van der Waals surface area contributed by atoms with Crippen molar-refractivity contribution in [3.63, 3.8) is 0 Å². The molecule has 0 unspecified atom stereocenters. The summed E-state index contributed by atoms with van der Waals surface area (Å²) in [5, 5.41) is 3.15. The predicted octanol–water partition coefficient (Wildman–Crippen LogP) is 2.87. The number of nitrogens with zero attached hydrogens (tertiary/aromatic N) is 1. The number of hydrogen-bond acceptors (Lipinski definition) is 2. The van der Waals surface area contributed by atoms with Gasteiger partial charge in [0, 0.05) is 41.4 Å². The van der Waals surface area contributed by atoms with Crippen LogP contribution in [0, 0.1) is 6.92 Å². The van der Waals surface area contributed by atoms with Crippen LogP contribution < -0.4 is 5.32 Å². The molecule has 1 saturated heterocycles. The maximum Gasteiger partial charge on any atom is 0.317 e. The molecule has 1 aromatic carbocycles. The van der Waals surface area contributed by atoms with E-state index in [-0.39, 0.29) is 18.1 Å². The highest BCUT2D eigenvalue weighted by Gasteiger charge is 2.25. The molecule has 0 saturated carbocycles. The van der Waals surface area contributed by atoms with Crippen molar-refractivity contribution in [3.05, 3.63) is 35.4 Å². The Morgan fingerprint density at radius 3 is 2.48 bits per heavy atom. The van der Waals surface area contributed by atoms with E-state index in [1.807, 2.05) is 7.05 Å². The van der Waals surface area contributed by atoms with Crippen molar-refractivity contribution < 1.29 is 9.00 Å². The molecule has 1 aliphatic heterocycles. The van der Waals surface area contributed by atoms with Crippen LogP contribution in [0.5, 0.6) is 0 Å². The van der Waals surface area contributed by atoms with Crippen LogP contribution in [-0.4, -0.2) is 45.8 Å². The molecule has 1 heterocycles. The van der Waals surface area contributed by atoms with Crippen LogP contribution in [0.1, 0.15) is 37.3 Å². The zero-order chi connectivity index (χ0) is 16.8. The molecule has 0 bridgehead atoms. The zero-order valence-corrected chi connectivity index (χ0v) is 15.2. The first-order chi connectivity index (χ1) is 11.0. The number of benzene rings is 1. The lowest BCUT2D eigenvalue weighted by atomic mass is 10.0. The molecule has 4 nitrogen and oxygen atoms in total. The third-order valence-electron chi connectivity index (χ3n) is 4.65. The zero-order valence-electron chi connectivity index (χ0n) is 14.4. The maximum absolute atomic E-state index is 12.5. The van der Waals surface area contributed by atoms with E-state index >= 15 is 0 Å². The van der Waals surface area contributed by atoms with Crippen LogP contribution in [0.2, 0.25) is 0 Å². The van der Waals surface area contributed by atoms with Crippen LogP contribution in [0.3, 0.4) is 0 Å². The second-order valence-corrected chi connectivity index (χ2v) is 8.13. The summed E-state index contributed by atoms with van der Waals surface area (Å²) in [5.41, 5.74) is 2.50. The van der Waals surface area contributed by atoms with Crippen molar-refractivity contribution >= 4 is 16.8 Å². The van der Waals surface area contributed by atoms with Crippen LogP contribution in [-0.2, 0) is 17.2 Å². The fourth-order valence-electron chi connectivity index (χ4n) is 2.92. The summed E-state index contributed by atoms with van der Waals surface area (Å²) in [6, 6.07) is 8.82. The molecule has 2 rings (SSSR count). The molecular formula is C18H28N2O2S. The highest BCUT2D eigenvalue weighted by Crippen LogP contribution is 2.15. The van der Waals surface area contributed by atoms with Gasteiger partial charge in [-0.05, 0) is 38.2 Å². The van der Waals surface area contributed by atoms with Gasteiger partial charge in [0.2, 0.25) is 0 Å². The average Bonchev–Trinajstić information content (AvgIpc) is 2.56. The Bertz CT molecular complexity index is 534. The number of hydrogen-bond donors (Lipinski definition) is 1. The first kappa shape index (κ1) is 18.0. The molecule has 128 valence electrons. The third kappa shape index (κ3) is 5.34. The van der Waals surface area contributed by atoms with E-state index in [0.29, 0.717) is 11.5 Å². The van der Waals surface area contributed by atoms with Crippen LogP contribution in [0.15, 0.2) is 24.3 Å². The molecule has 0 aliphatic carbocycles. The minimum absolute atomic E-state index is 0.0124. The van der Waals surface area contributed by atoms with E-state index in [1.165, 1.54) is 11.1 Å². The Labute approximate surface area is 142 Å². The number of carbonyl (C=O) groups excluding carboxylic acids is 1. The number of aryl methyl sites for hydroxylation is 1. The highest BCUT2D eigenvalue weighted by atomic mass is 32.2. The molecule has 23 heavy (non-hydrogen) atoms. The Kier molecular flexibility index (Phi) is 6.63. The molecule has 0 spiro atoms. The van der Waals surface area contributed by atoms with Crippen molar-refractivity contribution in [1.82, 2.24) is 10.2 Å². The first-order valence-corrected chi connectivity index (χ1v) is 9.92. The second-order valence-electron chi connectivity index (χ2n) is 6.43. The average molecular weight is 337 g/mol. The molecule has 1 N–H and O–H groups in total. The van der Waals surface area contributed by atoms with Gasteiger partial charge in [-0.25, -0.2) is 4.79 Å². The molecule has 2 amide bonds. The number of carbonyl (C=O) groups is 1. The fraction of sp³-hybridized carbons (Fsp3) is 0.611. The Morgan fingerprint density at radius 1 is 1.30 bits per heavy atom. The standard InChI is InChI=1S/C18H28N2O2S/c1-4-16(13-15-7-5-14(2)6-8-15)19-18(21)20(3)17-9-11-23(22)12-10-17/h5-8,16-17H,4,9-13H2,1-3H3,(H,19,21)/t16-,17?,23?/m0/s1. The van der Waals surface area contributed by atoms with Gasteiger partial charge in [-0.1, -0.05) is 36.8 Å². The van der Waals surface area contributed by atoms with Gasteiger partial charge < -0.3 is 10.2 Å². The van der Waals surface area contributed by atoms with Gasteiger partial charge >= 0.3 is 6.03 Å². The minimum Gasteiger partial charge on any atom is -0.335 e. The SMILES string of the molecule is CC[C@@H](Cc1ccc(C)cc1)NC(=O)N(C)C1CCS(=O)CC1. The first-order valence-electron chi connectivity index (χ1n) is 8.43. The summed E-state index contributed by atoms with van der Waals surface area (Å²) in [7, 11) is 1.16. The van der Waals surface area contributed by atoms with Gasteiger partial charge in [0.1, 0.15) is 0 Å². The largest absolute Gasteiger partial charge is 0.335 e. The monoisotopic (exact) mass is 336 g/mol. The van der Waals surface area contributed by atoms with E-state index in [4.69, 9.17) is 0 Å². The summed E-state index contributed by atoms with van der Waals surface area (Å²) in [6.07, 6.45) is 3.43. The van der Waals surface area contributed by atoms with Crippen molar-refractivity contribution in [2.45, 2.75) is 51.6 Å². The number of amides is 2. The van der Waals surface area contributed by atoms with E-state index in [1.54, 1.807) is 4.90 Å². The third-order valence-corrected chi connectivity index (χ3v) is 6.03. The lowest BCUT2D eigenvalue weighted by molar-refractivity contribution is 0.181. The normalized spacial score (nSPS) is 22.4. The summed E-state index contributed by atoms with van der Waals surface area (Å²) < 4.78 is 11.4. The van der Waals surface area contributed by atoms with E-state index in [0.717, 1.165) is 25.7 Å². The number of nitrogens with one attached hydrogen (secondary N) is 1. The molecule has 0 aromatic heterocycles. The second kappa shape index (κ2) is 8.48. The summed E-state index contributed by atoms with van der Waals surface area (Å²) >= 11 is 0. The van der Waals surface area contributed by atoms with Gasteiger partial charge in [-0.3, -0.25) is 4.21 Å². The molecule has 0 radical (unpaired) electrons. The van der Waals surface area contributed by atoms with Gasteiger partial charge in [0.05, 0.1) is 0 Å². The van der Waals surface area contributed by atoms with Crippen molar-refractivity contribution in [1.29, 1.82) is 0 Å². The number of rotatable bonds is 5. The molecule has 1 atom stereocenters. The highest BCUT2D eigenvalue weighted by molar-refractivity contribution is 7.85. The predicted molar refractivity (Wildman–Crippen MR) is 96.2 cm³/mol. The molecule has 1 aliphatic rings. The van der Waals surface area contributed by atoms with Crippen molar-refractivity contribution in [2.75, 3.05) is 18.6 Å². The van der Waals surface area contributed by atoms with Gasteiger partial charge in [-0.2, -0.15) is 0 Å². The fourth-order valence-corrected chi connectivity index (χ4v) is 4.19. The van der Waals surface area contributed by atoms with Crippen LogP contribution >= 0.6 is 0 Å². The quantitative estimate of drug-likeness (QED) is 0.899. The van der Waals surface area contributed by atoms with E-state index in [2.05, 4.69) is 43.4 Å². The molecule has 1 aromatic rings. The Balaban J connectivity index is 1.88. The van der Waals surface area contributed by atoms with Gasteiger partial charge in [0.25, 0.3) is 0 Å². The van der Waals surface area contributed by atoms with Crippen molar-refractivity contribution in [2.24, 2.45) is 0 Å². The lowest BCUT2D eigenvalue weighted by Crippen LogP contribution is -2.49. The van der Waals surface area contributed by atoms with Crippen molar-refractivity contribution in [3.8, 4) is 0 Å². The maximum atomic E-state index is 12.5. The molecule has 5 heteroatoms. The van der Waals surface area contributed by atoms with E-state index < -0.39 is 10.8 Å². The molecule has 1 fully saturated rings. The molecular weight excluding hydrogens is 308 g/mol. The summed E-state index contributed by atoms with van der Waals surface area (Å²) in [6.45, 7) is 4.18. The summed E-state index contributed by atoms with van der Waals surface area (Å²) in [5.74, 6) is 1.42. The van der Waals surface area contributed by atoms with Crippen LogP contribution in [0.25, 0.3) is 0 Å². The summed E-state index contributed by atoms with van der Waals surface area (Å²) in [4.78, 5) is 14.3. The Morgan fingerprint density at radius 2 is 1.91 bits per heavy atom. The smallest absolute Gasteiger partial charge is 0.317 e. The van der Waals surface area contributed by atoms with Gasteiger partial charge in [0.15, 0.2) is 0 Å². The van der Waals surface area contributed by atoms with E-state index in [9.17, 15) is 9.00 Å². The lowest BCUT2D eigenvalue weighted by Gasteiger charge is -2.32.